The van der Waals surface area contributed by atoms with Crippen LogP contribution < -0.4 is 0 Å². The third-order valence-electron chi connectivity index (χ3n) is 3.27. The molecule has 0 radical (unpaired) electrons. The Morgan fingerprint density at radius 2 is 1.40 bits per heavy atom. The molecule has 58 valence electrons. The second-order valence-electron chi connectivity index (χ2n) is 3.95. The van der Waals surface area contributed by atoms with Gasteiger partial charge in [0.05, 0.1) is 0 Å². The molecular formula is C9H17N. The highest BCUT2D eigenvalue weighted by Gasteiger charge is 2.38. The molecule has 2 aliphatic rings. The fraction of sp³-hybridized carbons (Fsp3) is 1.00. The van der Waals surface area contributed by atoms with Crippen molar-refractivity contribution in [1.82, 2.24) is 4.90 Å². The van der Waals surface area contributed by atoms with Gasteiger partial charge in [-0.2, -0.15) is 0 Å². The number of hydrogen-bond acceptors (Lipinski definition) is 1. The first-order chi connectivity index (χ1) is 4.79. The topological polar surface area (TPSA) is 3.24 Å². The minimum Gasteiger partial charge on any atom is -0.295 e. The molecule has 10 heavy (non-hydrogen) atoms. The molecule has 0 amide bonds. The Labute approximate surface area is 63.4 Å². The van der Waals surface area contributed by atoms with Crippen molar-refractivity contribution in [3.05, 3.63) is 0 Å². The molecule has 0 aromatic carbocycles. The van der Waals surface area contributed by atoms with Gasteiger partial charge in [0.1, 0.15) is 0 Å². The molecule has 2 aliphatic heterocycles. The van der Waals surface area contributed by atoms with Crippen LogP contribution in [-0.4, -0.2) is 23.0 Å². The van der Waals surface area contributed by atoms with Gasteiger partial charge >= 0.3 is 0 Å². The first-order valence-corrected chi connectivity index (χ1v) is 4.56. The van der Waals surface area contributed by atoms with E-state index in [-0.39, 0.29) is 0 Å². The van der Waals surface area contributed by atoms with Gasteiger partial charge in [-0.25, -0.2) is 0 Å². The third kappa shape index (κ3) is 0.800. The zero-order valence-corrected chi connectivity index (χ0v) is 7.01. The van der Waals surface area contributed by atoms with Gasteiger partial charge in [-0.15, -0.1) is 0 Å². The van der Waals surface area contributed by atoms with Gasteiger partial charge < -0.3 is 0 Å². The van der Waals surface area contributed by atoms with Crippen LogP contribution in [0.1, 0.15) is 39.5 Å². The van der Waals surface area contributed by atoms with Crippen LogP contribution in [0.2, 0.25) is 0 Å². The molecule has 0 bridgehead atoms. The molecule has 0 aromatic rings. The van der Waals surface area contributed by atoms with Gasteiger partial charge in [-0.1, -0.05) is 0 Å². The lowest BCUT2D eigenvalue weighted by Gasteiger charge is -2.25. The van der Waals surface area contributed by atoms with Crippen LogP contribution in [0.15, 0.2) is 0 Å². The lowest BCUT2D eigenvalue weighted by atomic mass is 10.1. The Hall–Kier alpha value is -0.0400. The highest BCUT2D eigenvalue weighted by molar-refractivity contribution is 4.93. The van der Waals surface area contributed by atoms with Crippen molar-refractivity contribution in [3.63, 3.8) is 0 Å². The van der Waals surface area contributed by atoms with Crippen molar-refractivity contribution >= 4 is 0 Å². The molecule has 2 heterocycles. The van der Waals surface area contributed by atoms with Crippen molar-refractivity contribution in [2.24, 2.45) is 0 Å². The van der Waals surface area contributed by atoms with E-state index in [1.807, 2.05) is 0 Å². The SMILES string of the molecule is C[C@@H]1CCC2CC[C@H](C)N21. The van der Waals surface area contributed by atoms with Crippen LogP contribution in [-0.2, 0) is 0 Å². The molecule has 0 saturated carbocycles. The fourth-order valence-electron chi connectivity index (χ4n) is 2.76. The van der Waals surface area contributed by atoms with E-state index < -0.39 is 0 Å². The summed E-state index contributed by atoms with van der Waals surface area (Å²) < 4.78 is 0. The normalized spacial score (nSPS) is 48.0. The number of fused-ring (bicyclic) bond motifs is 1. The summed E-state index contributed by atoms with van der Waals surface area (Å²) in [4.78, 5) is 2.72. The smallest absolute Gasteiger partial charge is 0.0102 e. The van der Waals surface area contributed by atoms with Crippen LogP contribution in [0, 0.1) is 0 Å². The standard InChI is InChI=1S/C9H17N/c1-7-3-5-9-6-4-8(2)10(7)9/h7-9H,3-6H2,1-2H3/t7-,8+,9?. The summed E-state index contributed by atoms with van der Waals surface area (Å²) in [6, 6.07) is 2.72. The van der Waals surface area contributed by atoms with Crippen LogP contribution >= 0.6 is 0 Å². The minimum atomic E-state index is 0.877. The van der Waals surface area contributed by atoms with Crippen LogP contribution in [0.5, 0.6) is 0 Å². The first kappa shape index (κ1) is 6.66. The first-order valence-electron chi connectivity index (χ1n) is 4.56. The maximum Gasteiger partial charge on any atom is 0.0102 e. The maximum absolute atomic E-state index is 2.72. The molecule has 0 N–H and O–H groups in total. The number of nitrogens with zero attached hydrogens (tertiary/aromatic N) is 1. The quantitative estimate of drug-likeness (QED) is 0.496. The van der Waals surface area contributed by atoms with Gasteiger partial charge in [-0.05, 0) is 39.5 Å². The van der Waals surface area contributed by atoms with E-state index in [4.69, 9.17) is 0 Å². The second kappa shape index (κ2) is 2.23. The molecule has 0 spiro atoms. The van der Waals surface area contributed by atoms with E-state index in [0.717, 1.165) is 18.1 Å². The van der Waals surface area contributed by atoms with Crippen molar-refractivity contribution in [2.75, 3.05) is 0 Å². The van der Waals surface area contributed by atoms with Gasteiger partial charge in [0.25, 0.3) is 0 Å². The summed E-state index contributed by atoms with van der Waals surface area (Å²) in [5.74, 6) is 0. The van der Waals surface area contributed by atoms with Crippen molar-refractivity contribution in [2.45, 2.75) is 57.7 Å². The third-order valence-corrected chi connectivity index (χ3v) is 3.27. The second-order valence-corrected chi connectivity index (χ2v) is 3.95. The molecular weight excluding hydrogens is 122 g/mol. The summed E-state index contributed by atoms with van der Waals surface area (Å²) >= 11 is 0. The average molecular weight is 139 g/mol. The molecule has 1 nitrogen and oxygen atoms in total. The lowest BCUT2D eigenvalue weighted by molar-refractivity contribution is 0.203. The Kier molecular flexibility index (Phi) is 1.48. The minimum absolute atomic E-state index is 0.877. The molecule has 1 heteroatoms. The number of hydrogen-bond donors (Lipinski definition) is 0. The Morgan fingerprint density at radius 3 is 1.80 bits per heavy atom. The van der Waals surface area contributed by atoms with Gasteiger partial charge in [0.2, 0.25) is 0 Å². The van der Waals surface area contributed by atoms with Gasteiger partial charge in [-0.3, -0.25) is 4.90 Å². The van der Waals surface area contributed by atoms with E-state index >= 15 is 0 Å². The number of rotatable bonds is 0. The van der Waals surface area contributed by atoms with Crippen LogP contribution in [0.4, 0.5) is 0 Å². The van der Waals surface area contributed by atoms with E-state index in [1.165, 1.54) is 25.7 Å². The lowest BCUT2D eigenvalue weighted by Crippen LogP contribution is -2.34. The predicted molar refractivity (Wildman–Crippen MR) is 43.0 cm³/mol. The highest BCUT2D eigenvalue weighted by atomic mass is 15.2. The molecule has 0 aliphatic carbocycles. The molecule has 1 unspecified atom stereocenters. The van der Waals surface area contributed by atoms with Crippen molar-refractivity contribution in [3.8, 4) is 0 Å². The summed E-state index contributed by atoms with van der Waals surface area (Å²) in [5, 5.41) is 0. The zero-order valence-electron chi connectivity index (χ0n) is 7.01. The monoisotopic (exact) mass is 139 g/mol. The van der Waals surface area contributed by atoms with Gasteiger partial charge in [0.15, 0.2) is 0 Å². The molecule has 3 atom stereocenters. The van der Waals surface area contributed by atoms with Crippen LogP contribution in [0.3, 0.4) is 0 Å². The van der Waals surface area contributed by atoms with Crippen LogP contribution in [0.25, 0.3) is 0 Å². The van der Waals surface area contributed by atoms with E-state index in [0.29, 0.717) is 0 Å². The summed E-state index contributed by atoms with van der Waals surface area (Å²) in [7, 11) is 0. The predicted octanol–water partition coefficient (Wildman–Crippen LogP) is 2.02. The molecule has 2 rings (SSSR count). The zero-order chi connectivity index (χ0) is 7.14. The Bertz CT molecular complexity index is 119. The fourth-order valence-corrected chi connectivity index (χ4v) is 2.76. The Morgan fingerprint density at radius 1 is 0.900 bits per heavy atom. The maximum atomic E-state index is 2.72. The summed E-state index contributed by atoms with van der Waals surface area (Å²) in [5.41, 5.74) is 0. The molecule has 0 aromatic heterocycles. The van der Waals surface area contributed by atoms with Crippen molar-refractivity contribution < 1.29 is 0 Å². The molecule has 2 saturated heterocycles. The summed E-state index contributed by atoms with van der Waals surface area (Å²) in [6.45, 7) is 4.75. The van der Waals surface area contributed by atoms with E-state index in [2.05, 4.69) is 18.7 Å². The van der Waals surface area contributed by atoms with E-state index in [9.17, 15) is 0 Å². The largest absolute Gasteiger partial charge is 0.295 e. The average Bonchev–Trinajstić information content (AvgIpc) is 2.40. The molecule has 2 fully saturated rings. The highest BCUT2D eigenvalue weighted by Crippen LogP contribution is 2.35. The summed E-state index contributed by atoms with van der Waals surface area (Å²) in [6.07, 6.45) is 5.81. The van der Waals surface area contributed by atoms with Gasteiger partial charge in [0, 0.05) is 18.1 Å². The Balaban J connectivity index is 2.11. The van der Waals surface area contributed by atoms with E-state index in [1.54, 1.807) is 0 Å². The van der Waals surface area contributed by atoms with Crippen molar-refractivity contribution in [1.29, 1.82) is 0 Å².